The van der Waals surface area contributed by atoms with Gasteiger partial charge in [0, 0.05) is 5.39 Å². The van der Waals surface area contributed by atoms with E-state index in [0.717, 1.165) is 58.3 Å². The van der Waals surface area contributed by atoms with Crippen molar-refractivity contribution in [1.82, 2.24) is 4.98 Å². The van der Waals surface area contributed by atoms with Crippen LogP contribution in [-0.4, -0.2) is 30.8 Å². The van der Waals surface area contributed by atoms with Gasteiger partial charge in [0.25, 0.3) is 0 Å². The number of halogens is 1. The van der Waals surface area contributed by atoms with Gasteiger partial charge in [-0.25, -0.2) is 14.2 Å². The summed E-state index contributed by atoms with van der Waals surface area (Å²) in [4.78, 5) is 18.3. The smallest absolute Gasteiger partial charge is 0.339 e. The minimum atomic E-state index is -0.381. The molecule has 0 amide bonds. The van der Waals surface area contributed by atoms with E-state index in [2.05, 4.69) is 0 Å². The number of rotatable bonds is 8. The fourth-order valence-corrected chi connectivity index (χ4v) is 4.63. The van der Waals surface area contributed by atoms with Crippen LogP contribution in [0.4, 0.5) is 4.39 Å². The van der Waals surface area contributed by atoms with Crippen LogP contribution in [0.1, 0.15) is 46.9 Å². The largest absolute Gasteiger partial charge is 0.494 e. The second-order valence-electron chi connectivity index (χ2n) is 8.79. The minimum Gasteiger partial charge on any atom is -0.494 e. The lowest BCUT2D eigenvalue weighted by Crippen LogP contribution is -2.17. The van der Waals surface area contributed by atoms with Crippen molar-refractivity contribution < 1.29 is 23.4 Å². The molecule has 0 atom stereocenters. The van der Waals surface area contributed by atoms with Crippen molar-refractivity contribution in [2.75, 3.05) is 19.8 Å². The van der Waals surface area contributed by atoms with E-state index < -0.39 is 0 Å². The van der Waals surface area contributed by atoms with Crippen molar-refractivity contribution in [3.63, 3.8) is 0 Å². The first-order valence-corrected chi connectivity index (χ1v) is 12.5. The third kappa shape index (κ3) is 5.64. The molecule has 0 radical (unpaired) electrons. The highest BCUT2D eigenvalue weighted by Crippen LogP contribution is 2.36. The summed E-state index contributed by atoms with van der Waals surface area (Å²) >= 11 is 0. The lowest BCUT2D eigenvalue weighted by Gasteiger charge is -2.22. The van der Waals surface area contributed by atoms with Crippen LogP contribution in [-0.2, 0) is 11.2 Å². The quantitative estimate of drug-likeness (QED) is 0.196. The van der Waals surface area contributed by atoms with E-state index >= 15 is 0 Å². The lowest BCUT2D eigenvalue weighted by molar-refractivity contribution is 0.0451. The summed E-state index contributed by atoms with van der Waals surface area (Å²) in [6, 6.07) is 21.4. The number of nitrogens with zero attached hydrogens (tertiary/aromatic N) is 1. The van der Waals surface area contributed by atoms with E-state index in [4.69, 9.17) is 19.2 Å². The van der Waals surface area contributed by atoms with Crippen molar-refractivity contribution in [3.05, 3.63) is 101 Å². The summed E-state index contributed by atoms with van der Waals surface area (Å²) < 4.78 is 30.2. The van der Waals surface area contributed by atoms with Crippen LogP contribution in [0, 0.1) is 5.82 Å². The van der Waals surface area contributed by atoms with E-state index in [9.17, 15) is 9.18 Å². The molecule has 3 aromatic carbocycles. The van der Waals surface area contributed by atoms with Gasteiger partial charge >= 0.3 is 5.97 Å². The van der Waals surface area contributed by atoms with Gasteiger partial charge in [-0.3, -0.25) is 0 Å². The molecule has 6 heteroatoms. The minimum absolute atomic E-state index is 0.121. The Morgan fingerprint density at radius 3 is 2.41 bits per heavy atom. The molecule has 1 aliphatic rings. The zero-order valence-corrected chi connectivity index (χ0v) is 20.7. The maximum Gasteiger partial charge on any atom is 0.339 e. The predicted octanol–water partition coefficient (Wildman–Crippen LogP) is 6.89. The average molecular weight is 498 g/mol. The highest BCUT2D eigenvalue weighted by molar-refractivity contribution is 6.06. The number of aromatic nitrogens is 1. The van der Waals surface area contributed by atoms with Crippen LogP contribution in [0.15, 0.2) is 72.8 Å². The molecule has 0 saturated heterocycles. The summed E-state index contributed by atoms with van der Waals surface area (Å²) in [6.45, 7) is 2.90. The number of carbonyl (C=O) groups is 1. The zero-order chi connectivity index (χ0) is 25.6. The molecule has 0 unspecified atom stereocenters. The number of para-hydroxylation sites is 1. The van der Waals surface area contributed by atoms with Crippen molar-refractivity contribution >= 4 is 28.5 Å². The summed E-state index contributed by atoms with van der Waals surface area (Å²) in [5, 5.41) is 0.779. The lowest BCUT2D eigenvalue weighted by atomic mass is 9.86. The average Bonchev–Trinajstić information content (AvgIpc) is 2.92. The molecule has 188 valence electrons. The first-order chi connectivity index (χ1) is 18.1. The van der Waals surface area contributed by atoms with Crippen LogP contribution in [0.3, 0.4) is 0 Å². The number of fused-ring (bicyclic) bond motifs is 2. The maximum absolute atomic E-state index is 13.4. The Morgan fingerprint density at radius 2 is 1.65 bits per heavy atom. The molecule has 0 fully saturated rings. The number of carbonyl (C=O) groups excluding carboxylic acids is 1. The Hall–Kier alpha value is -4.19. The number of hydrogen-bond acceptors (Lipinski definition) is 5. The SMILES string of the molecule is CCOc1ccc(OCCOC(=O)c2c3c(nc4ccccc24)C(=Cc2ccc(F)cc2)CCC3)cc1. The van der Waals surface area contributed by atoms with Gasteiger partial charge in [0.1, 0.15) is 30.5 Å². The molecule has 4 aromatic rings. The van der Waals surface area contributed by atoms with Crippen molar-refractivity contribution in [2.24, 2.45) is 0 Å². The number of benzene rings is 3. The molecule has 0 saturated carbocycles. The monoisotopic (exact) mass is 497 g/mol. The zero-order valence-electron chi connectivity index (χ0n) is 20.7. The summed E-state index contributed by atoms with van der Waals surface area (Å²) in [5.74, 6) is 0.810. The Labute approximate surface area is 215 Å². The van der Waals surface area contributed by atoms with Crippen LogP contribution < -0.4 is 9.47 Å². The molecule has 1 aromatic heterocycles. The van der Waals surface area contributed by atoms with Crippen LogP contribution in [0.5, 0.6) is 11.5 Å². The Balaban J connectivity index is 1.37. The molecular weight excluding hydrogens is 469 g/mol. The van der Waals surface area contributed by atoms with Crippen molar-refractivity contribution in [1.29, 1.82) is 0 Å². The standard InChI is InChI=1S/C31H28FNO4/c1-2-35-24-14-16-25(17-15-24)36-18-19-37-31(34)29-26-7-3-4-9-28(26)33-30-22(6-5-8-27(29)30)20-21-10-12-23(32)13-11-21/h3-4,7,9-17,20H,2,5-6,8,18-19H2,1H3. The second-order valence-corrected chi connectivity index (χ2v) is 8.79. The maximum atomic E-state index is 13.4. The first-order valence-electron chi connectivity index (χ1n) is 12.5. The van der Waals surface area contributed by atoms with Gasteiger partial charge in [-0.15, -0.1) is 0 Å². The Kier molecular flexibility index (Phi) is 7.45. The highest BCUT2D eigenvalue weighted by Gasteiger charge is 2.26. The van der Waals surface area contributed by atoms with Crippen LogP contribution in [0.25, 0.3) is 22.6 Å². The third-order valence-electron chi connectivity index (χ3n) is 6.31. The number of pyridine rings is 1. The summed E-state index contributed by atoms with van der Waals surface area (Å²) in [6.07, 6.45) is 4.49. The molecule has 1 aliphatic carbocycles. The molecular formula is C31H28FNO4. The van der Waals surface area contributed by atoms with Crippen LogP contribution >= 0.6 is 0 Å². The van der Waals surface area contributed by atoms with Crippen molar-refractivity contribution in [3.8, 4) is 11.5 Å². The molecule has 0 N–H and O–H groups in total. The normalized spacial score (nSPS) is 13.8. The van der Waals surface area contributed by atoms with Gasteiger partial charge < -0.3 is 14.2 Å². The highest BCUT2D eigenvalue weighted by atomic mass is 19.1. The fourth-order valence-electron chi connectivity index (χ4n) is 4.63. The molecule has 1 heterocycles. The van der Waals surface area contributed by atoms with E-state index in [-0.39, 0.29) is 25.0 Å². The van der Waals surface area contributed by atoms with E-state index in [1.54, 1.807) is 12.1 Å². The number of ether oxygens (including phenoxy) is 3. The predicted molar refractivity (Wildman–Crippen MR) is 142 cm³/mol. The molecule has 5 rings (SSSR count). The number of hydrogen-bond donors (Lipinski definition) is 0. The third-order valence-corrected chi connectivity index (χ3v) is 6.31. The van der Waals surface area contributed by atoms with E-state index in [1.165, 1.54) is 12.1 Å². The Bertz CT molecular complexity index is 1430. The van der Waals surface area contributed by atoms with Gasteiger partial charge in [-0.2, -0.15) is 0 Å². The summed E-state index contributed by atoms with van der Waals surface area (Å²) in [7, 11) is 0. The second kappa shape index (κ2) is 11.2. The summed E-state index contributed by atoms with van der Waals surface area (Å²) in [5.41, 5.74) is 4.95. The number of allylic oxidation sites excluding steroid dienone is 1. The molecule has 5 nitrogen and oxygen atoms in total. The van der Waals surface area contributed by atoms with Gasteiger partial charge in [0.05, 0.1) is 23.4 Å². The van der Waals surface area contributed by atoms with Gasteiger partial charge in [-0.05, 0) is 91.4 Å². The van der Waals surface area contributed by atoms with Crippen molar-refractivity contribution in [2.45, 2.75) is 26.2 Å². The first kappa shape index (κ1) is 24.5. The van der Waals surface area contributed by atoms with Crippen LogP contribution in [0.2, 0.25) is 0 Å². The molecule has 0 aliphatic heterocycles. The molecule has 37 heavy (non-hydrogen) atoms. The number of esters is 1. The molecule has 0 bridgehead atoms. The van der Waals surface area contributed by atoms with E-state index in [1.807, 2.05) is 61.5 Å². The molecule has 0 spiro atoms. The Morgan fingerprint density at radius 1 is 0.919 bits per heavy atom. The van der Waals surface area contributed by atoms with Gasteiger partial charge in [0.15, 0.2) is 0 Å². The topological polar surface area (TPSA) is 57.7 Å². The van der Waals surface area contributed by atoms with E-state index in [0.29, 0.717) is 17.9 Å². The fraction of sp³-hybridized carbons (Fsp3) is 0.226. The van der Waals surface area contributed by atoms with Gasteiger partial charge in [-0.1, -0.05) is 30.3 Å². The van der Waals surface area contributed by atoms with Gasteiger partial charge in [0.2, 0.25) is 0 Å².